The molecule has 0 saturated heterocycles. The van der Waals surface area contributed by atoms with Gasteiger partial charge in [0.25, 0.3) is 0 Å². The maximum absolute atomic E-state index is 14.4. The Bertz CT molecular complexity index is 800. The van der Waals surface area contributed by atoms with Crippen LogP contribution in [0.1, 0.15) is 25.5 Å². The lowest BCUT2D eigenvalue weighted by molar-refractivity contribution is 0.415. The van der Waals surface area contributed by atoms with E-state index in [0.29, 0.717) is 34.2 Å². The van der Waals surface area contributed by atoms with Crippen molar-refractivity contribution in [2.24, 2.45) is 0 Å². The summed E-state index contributed by atoms with van der Waals surface area (Å²) >= 11 is 0. The molecule has 0 saturated carbocycles. The van der Waals surface area contributed by atoms with Crippen molar-refractivity contribution in [2.75, 3.05) is 7.11 Å². The molecule has 0 aliphatic carbocycles. The third-order valence-corrected chi connectivity index (χ3v) is 3.56. The summed E-state index contributed by atoms with van der Waals surface area (Å²) < 4.78 is 19.9. The van der Waals surface area contributed by atoms with Crippen LogP contribution in [0.25, 0.3) is 22.5 Å². The predicted molar refractivity (Wildman–Crippen MR) is 83.4 cm³/mol. The number of hydrogen-bond acceptors (Lipinski definition) is 5. The number of pyridine rings is 1. The van der Waals surface area contributed by atoms with Crippen LogP contribution >= 0.6 is 0 Å². The van der Waals surface area contributed by atoms with E-state index in [0.717, 1.165) is 5.69 Å². The number of benzene rings is 1. The van der Waals surface area contributed by atoms with E-state index in [9.17, 15) is 4.39 Å². The Kier molecular flexibility index (Phi) is 4.01. The van der Waals surface area contributed by atoms with E-state index in [1.165, 1.54) is 13.2 Å². The van der Waals surface area contributed by atoms with Crippen LogP contribution in [0.5, 0.6) is 5.75 Å². The molecule has 0 aliphatic rings. The van der Waals surface area contributed by atoms with Gasteiger partial charge in [0, 0.05) is 17.5 Å². The largest absolute Gasteiger partial charge is 0.495 e. The van der Waals surface area contributed by atoms with E-state index in [1.54, 1.807) is 12.3 Å². The molecule has 0 atom stereocenters. The summed E-state index contributed by atoms with van der Waals surface area (Å²) in [4.78, 5) is 4.39. The summed E-state index contributed by atoms with van der Waals surface area (Å²) in [6.07, 6.45) is 1.65. The second-order valence-corrected chi connectivity index (χ2v) is 5.37. The van der Waals surface area contributed by atoms with Gasteiger partial charge >= 0.3 is 0 Å². The number of hydrogen-bond donors (Lipinski definition) is 1. The monoisotopic (exact) mass is 313 g/mol. The first kappa shape index (κ1) is 15.1. The van der Waals surface area contributed by atoms with E-state index in [1.807, 2.05) is 12.1 Å². The summed E-state index contributed by atoms with van der Waals surface area (Å²) in [5, 5.41) is 13.8. The van der Waals surface area contributed by atoms with Crippen molar-refractivity contribution >= 4 is 0 Å². The smallest absolute Gasteiger partial charge is 0.208 e. The zero-order valence-corrected chi connectivity index (χ0v) is 13.0. The van der Waals surface area contributed by atoms with Gasteiger partial charge in [-0.1, -0.05) is 19.9 Å². The molecule has 1 aromatic carbocycles. The fraction of sp³-hybridized carbons (Fsp3) is 0.250. The molecule has 3 rings (SSSR count). The predicted octanol–water partition coefficient (Wildman–Crippen LogP) is 3.20. The highest BCUT2D eigenvalue weighted by Crippen LogP contribution is 2.39. The Labute approximate surface area is 132 Å². The molecule has 2 aromatic heterocycles. The molecule has 0 bridgehead atoms. The van der Waals surface area contributed by atoms with Crippen molar-refractivity contribution in [3.05, 3.63) is 42.0 Å². The van der Waals surface area contributed by atoms with Crippen LogP contribution < -0.4 is 4.74 Å². The lowest BCUT2D eigenvalue weighted by Crippen LogP contribution is -1.98. The quantitative estimate of drug-likeness (QED) is 0.800. The van der Waals surface area contributed by atoms with Crippen LogP contribution in [0.3, 0.4) is 0 Å². The van der Waals surface area contributed by atoms with Gasteiger partial charge in [-0.25, -0.2) is 4.39 Å². The molecule has 1 N–H and O–H groups in total. The molecule has 0 fully saturated rings. The molecular weight excluding hydrogens is 297 g/mol. The maximum Gasteiger partial charge on any atom is 0.208 e. The number of halogens is 1. The topological polar surface area (TPSA) is 76.6 Å². The zero-order chi connectivity index (χ0) is 16.4. The van der Waals surface area contributed by atoms with E-state index >= 15 is 0 Å². The highest BCUT2D eigenvalue weighted by molar-refractivity contribution is 5.80. The van der Waals surface area contributed by atoms with Crippen molar-refractivity contribution in [1.82, 2.24) is 25.6 Å². The molecule has 0 amide bonds. The number of nitrogens with one attached hydrogen (secondary N) is 1. The molecule has 23 heavy (non-hydrogen) atoms. The average Bonchev–Trinajstić information content (AvgIpc) is 3.08. The number of tetrazole rings is 1. The van der Waals surface area contributed by atoms with Gasteiger partial charge in [0.1, 0.15) is 11.6 Å². The average molecular weight is 313 g/mol. The number of aromatic nitrogens is 5. The Morgan fingerprint density at radius 3 is 2.57 bits per heavy atom. The molecule has 7 heteroatoms. The minimum Gasteiger partial charge on any atom is -0.495 e. The highest BCUT2D eigenvalue weighted by atomic mass is 19.1. The molecule has 0 spiro atoms. The Hall–Kier alpha value is -2.83. The van der Waals surface area contributed by atoms with Gasteiger partial charge in [-0.2, -0.15) is 5.21 Å². The van der Waals surface area contributed by atoms with Gasteiger partial charge < -0.3 is 4.74 Å². The minimum atomic E-state index is -0.395. The molecule has 0 aliphatic heterocycles. The maximum atomic E-state index is 14.4. The van der Waals surface area contributed by atoms with Gasteiger partial charge in [0.2, 0.25) is 5.82 Å². The van der Waals surface area contributed by atoms with E-state index < -0.39 is 5.82 Å². The van der Waals surface area contributed by atoms with Crippen LogP contribution in [0.15, 0.2) is 30.5 Å². The van der Waals surface area contributed by atoms with E-state index in [-0.39, 0.29) is 0 Å². The first-order chi connectivity index (χ1) is 11.1. The molecule has 3 aromatic rings. The summed E-state index contributed by atoms with van der Waals surface area (Å²) in [5.74, 6) is 0.606. The number of nitrogens with zero attached hydrogens (tertiary/aromatic N) is 4. The fourth-order valence-electron chi connectivity index (χ4n) is 2.39. The number of aromatic amines is 1. The third kappa shape index (κ3) is 2.77. The minimum absolute atomic E-state index is 0.307. The molecule has 0 radical (unpaired) electrons. The van der Waals surface area contributed by atoms with Gasteiger partial charge in [0.05, 0.1) is 18.2 Å². The number of methoxy groups -OCH3 is 1. The van der Waals surface area contributed by atoms with Crippen molar-refractivity contribution < 1.29 is 9.13 Å². The van der Waals surface area contributed by atoms with Crippen LogP contribution in [0, 0.1) is 5.82 Å². The highest BCUT2D eigenvalue weighted by Gasteiger charge is 2.20. The second kappa shape index (κ2) is 6.12. The lowest BCUT2D eigenvalue weighted by atomic mass is 10.0. The van der Waals surface area contributed by atoms with Crippen molar-refractivity contribution in [2.45, 2.75) is 19.8 Å². The first-order valence-corrected chi connectivity index (χ1v) is 7.18. The van der Waals surface area contributed by atoms with Crippen LogP contribution in [-0.4, -0.2) is 32.7 Å². The van der Waals surface area contributed by atoms with Crippen molar-refractivity contribution in [3.8, 4) is 28.3 Å². The van der Waals surface area contributed by atoms with Crippen LogP contribution in [0.4, 0.5) is 4.39 Å². The van der Waals surface area contributed by atoms with Gasteiger partial charge in [-0.05, 0) is 29.3 Å². The normalized spacial score (nSPS) is 11.0. The summed E-state index contributed by atoms with van der Waals surface area (Å²) in [6, 6.07) is 6.65. The zero-order valence-electron chi connectivity index (χ0n) is 13.0. The summed E-state index contributed by atoms with van der Waals surface area (Å²) in [6.45, 7) is 4.11. The fourth-order valence-corrected chi connectivity index (χ4v) is 2.39. The molecule has 118 valence electrons. The van der Waals surface area contributed by atoms with Gasteiger partial charge in [-0.15, -0.1) is 10.2 Å². The van der Waals surface area contributed by atoms with Gasteiger partial charge in [0.15, 0.2) is 0 Å². The SMILES string of the molecule is COc1c(-c2nn[nH]n2)ccc(F)c1-c1ccc(C(C)C)nc1. The standard InChI is InChI=1S/C16H16FN5O/c1-9(2)13-7-4-10(8-18-13)14-12(17)6-5-11(15(14)23-3)16-19-21-22-20-16/h4-9H,1-3H3,(H,19,20,21,22). The molecule has 6 nitrogen and oxygen atoms in total. The Morgan fingerprint density at radius 1 is 1.17 bits per heavy atom. The van der Waals surface area contributed by atoms with Crippen LogP contribution in [0.2, 0.25) is 0 Å². The van der Waals surface area contributed by atoms with E-state index in [2.05, 4.69) is 39.5 Å². The Balaban J connectivity index is 2.16. The lowest BCUT2D eigenvalue weighted by Gasteiger charge is -2.13. The summed E-state index contributed by atoms with van der Waals surface area (Å²) in [7, 11) is 1.48. The van der Waals surface area contributed by atoms with Crippen LogP contribution in [-0.2, 0) is 0 Å². The first-order valence-electron chi connectivity index (χ1n) is 7.18. The molecule has 0 unspecified atom stereocenters. The number of ether oxygens (including phenoxy) is 1. The number of rotatable bonds is 4. The van der Waals surface area contributed by atoms with Gasteiger partial charge in [-0.3, -0.25) is 4.98 Å². The molecular formula is C16H16FN5O. The Morgan fingerprint density at radius 2 is 2.00 bits per heavy atom. The van der Waals surface area contributed by atoms with Crippen molar-refractivity contribution in [1.29, 1.82) is 0 Å². The number of H-pyrrole nitrogens is 1. The third-order valence-electron chi connectivity index (χ3n) is 3.56. The van der Waals surface area contributed by atoms with E-state index in [4.69, 9.17) is 4.74 Å². The van der Waals surface area contributed by atoms with Crippen molar-refractivity contribution in [3.63, 3.8) is 0 Å². The second-order valence-electron chi connectivity index (χ2n) is 5.37. The summed E-state index contributed by atoms with van der Waals surface area (Å²) in [5.41, 5.74) is 2.47. The molecule has 2 heterocycles.